The van der Waals surface area contributed by atoms with Crippen LogP contribution in [-0.4, -0.2) is 40.8 Å². The number of sulfonamides is 2. The molecular formula is C18H19BrN4O5S2. The van der Waals surface area contributed by atoms with Crippen LogP contribution in [0.5, 0.6) is 0 Å². The minimum atomic E-state index is -4.15. The van der Waals surface area contributed by atoms with Gasteiger partial charge in [0, 0.05) is 28.5 Å². The average molecular weight is 515 g/mol. The number of carbonyl (C=O) groups is 1. The normalized spacial score (nSPS) is 12.3. The van der Waals surface area contributed by atoms with Crippen LogP contribution in [0.3, 0.4) is 0 Å². The summed E-state index contributed by atoms with van der Waals surface area (Å²) >= 11 is 3.27. The minimum Gasteiger partial charge on any atom is -0.364 e. The van der Waals surface area contributed by atoms with Crippen molar-refractivity contribution in [3.63, 3.8) is 0 Å². The lowest BCUT2D eigenvalue weighted by Gasteiger charge is -2.09. The van der Waals surface area contributed by atoms with Crippen molar-refractivity contribution in [1.29, 1.82) is 0 Å². The van der Waals surface area contributed by atoms with Gasteiger partial charge in [-0.05, 0) is 23.8 Å². The van der Waals surface area contributed by atoms with Crippen LogP contribution in [0, 0.1) is 0 Å². The quantitative estimate of drug-likeness (QED) is 0.318. The first-order valence-electron chi connectivity index (χ1n) is 8.71. The van der Waals surface area contributed by atoms with E-state index in [-0.39, 0.29) is 34.8 Å². The first kappa shape index (κ1) is 22.4. The molecule has 9 nitrogen and oxygen atoms in total. The second kappa shape index (κ2) is 8.86. The average Bonchev–Trinajstić information content (AvgIpc) is 3.05. The number of nitrogens with one attached hydrogen (secondary N) is 3. The number of benzene rings is 2. The number of hydrogen-bond acceptors (Lipinski definition) is 5. The molecule has 0 saturated carbocycles. The number of aromatic nitrogens is 1. The summed E-state index contributed by atoms with van der Waals surface area (Å²) < 4.78 is 55.2. The highest BCUT2D eigenvalue weighted by Gasteiger charge is 2.27. The molecule has 0 aliphatic rings. The second-order valence-electron chi connectivity index (χ2n) is 6.42. The van der Waals surface area contributed by atoms with Crippen LogP contribution in [0.2, 0.25) is 0 Å². The van der Waals surface area contributed by atoms with Crippen molar-refractivity contribution >= 4 is 52.8 Å². The fourth-order valence-corrected chi connectivity index (χ4v) is 5.80. The third kappa shape index (κ3) is 5.26. The summed E-state index contributed by atoms with van der Waals surface area (Å²) in [6.07, 6.45) is 0. The van der Waals surface area contributed by atoms with Crippen molar-refractivity contribution in [3.8, 4) is 0 Å². The highest BCUT2D eigenvalue weighted by Crippen LogP contribution is 2.29. The summed E-state index contributed by atoms with van der Waals surface area (Å²) in [6.45, 7) is -0.373. The number of aromatic amines is 1. The van der Waals surface area contributed by atoms with Gasteiger partial charge in [-0.25, -0.2) is 26.3 Å². The molecule has 0 aliphatic heterocycles. The summed E-state index contributed by atoms with van der Waals surface area (Å²) in [5.74, 6) is -1.14. The molecule has 160 valence electrons. The number of rotatable bonds is 9. The third-order valence-corrected chi connectivity index (χ3v) is 7.56. The van der Waals surface area contributed by atoms with Crippen molar-refractivity contribution in [2.24, 2.45) is 5.73 Å². The van der Waals surface area contributed by atoms with E-state index < -0.39 is 26.0 Å². The fraction of sp³-hybridized carbons (Fsp3) is 0.167. The molecule has 0 radical (unpaired) electrons. The maximum absolute atomic E-state index is 12.8. The van der Waals surface area contributed by atoms with Crippen LogP contribution in [-0.2, 0) is 25.8 Å². The molecule has 1 aromatic heterocycles. The van der Waals surface area contributed by atoms with Gasteiger partial charge >= 0.3 is 0 Å². The fourth-order valence-electron chi connectivity index (χ4n) is 2.90. The largest absolute Gasteiger partial charge is 0.364 e. The Morgan fingerprint density at radius 1 is 1.00 bits per heavy atom. The minimum absolute atomic E-state index is 0.160. The van der Waals surface area contributed by atoms with Crippen molar-refractivity contribution in [2.75, 3.05) is 13.1 Å². The van der Waals surface area contributed by atoms with E-state index in [1.165, 1.54) is 0 Å². The van der Waals surface area contributed by atoms with Gasteiger partial charge in [0.25, 0.3) is 5.91 Å². The Morgan fingerprint density at radius 2 is 1.67 bits per heavy atom. The van der Waals surface area contributed by atoms with Gasteiger partial charge in [-0.1, -0.05) is 46.3 Å². The van der Waals surface area contributed by atoms with Gasteiger partial charge in [-0.15, -0.1) is 0 Å². The molecule has 0 spiro atoms. The van der Waals surface area contributed by atoms with Crippen LogP contribution in [0.25, 0.3) is 10.9 Å². The van der Waals surface area contributed by atoms with E-state index in [0.29, 0.717) is 15.6 Å². The van der Waals surface area contributed by atoms with Gasteiger partial charge in [0.1, 0.15) is 10.6 Å². The molecular weight excluding hydrogens is 496 g/mol. The van der Waals surface area contributed by atoms with Crippen LogP contribution in [0.4, 0.5) is 0 Å². The molecule has 0 unspecified atom stereocenters. The van der Waals surface area contributed by atoms with E-state index in [1.807, 2.05) is 0 Å². The summed E-state index contributed by atoms with van der Waals surface area (Å²) in [6, 6.07) is 13.5. The number of carbonyl (C=O) groups excluding carboxylic acids is 1. The van der Waals surface area contributed by atoms with Crippen LogP contribution in [0.1, 0.15) is 16.1 Å². The lowest BCUT2D eigenvalue weighted by molar-refractivity contribution is 0.0993. The molecule has 2 aromatic carbocycles. The standard InChI is InChI=1S/C18H19BrN4O5S2/c19-13-6-7-15-14(10-13)17(16(23-15)18(20)24)30(27,28)22-9-8-21-29(25,26)11-12-4-2-1-3-5-12/h1-7,10,21-23H,8-9,11H2,(H2,20,24). The van der Waals surface area contributed by atoms with Crippen molar-refractivity contribution < 1.29 is 21.6 Å². The van der Waals surface area contributed by atoms with E-state index >= 15 is 0 Å². The zero-order chi connectivity index (χ0) is 21.9. The first-order valence-corrected chi connectivity index (χ1v) is 12.6. The zero-order valence-electron chi connectivity index (χ0n) is 15.6. The Bertz CT molecular complexity index is 1290. The maximum atomic E-state index is 12.8. The summed E-state index contributed by atoms with van der Waals surface area (Å²) in [5, 5.41) is 0.287. The molecule has 0 bridgehead atoms. The number of halogens is 1. The van der Waals surface area contributed by atoms with Gasteiger partial charge in [-0.3, -0.25) is 4.79 Å². The first-order chi connectivity index (χ1) is 14.1. The maximum Gasteiger partial charge on any atom is 0.266 e. The topological polar surface area (TPSA) is 151 Å². The Morgan fingerprint density at radius 3 is 2.33 bits per heavy atom. The van der Waals surface area contributed by atoms with Crippen molar-refractivity contribution in [2.45, 2.75) is 10.6 Å². The van der Waals surface area contributed by atoms with E-state index in [0.717, 1.165) is 0 Å². The molecule has 1 heterocycles. The number of nitrogens with two attached hydrogens (primary N) is 1. The summed E-state index contributed by atoms with van der Waals surface area (Å²) in [4.78, 5) is 14.2. The van der Waals surface area contributed by atoms with E-state index in [2.05, 4.69) is 30.4 Å². The molecule has 12 heteroatoms. The van der Waals surface area contributed by atoms with Crippen molar-refractivity contribution in [3.05, 3.63) is 64.3 Å². The highest BCUT2D eigenvalue weighted by molar-refractivity contribution is 9.10. The monoisotopic (exact) mass is 514 g/mol. The highest BCUT2D eigenvalue weighted by atomic mass is 79.9. The molecule has 0 saturated heterocycles. The second-order valence-corrected chi connectivity index (χ2v) is 10.8. The lowest BCUT2D eigenvalue weighted by atomic mass is 10.2. The van der Waals surface area contributed by atoms with Crippen molar-refractivity contribution in [1.82, 2.24) is 14.4 Å². The SMILES string of the molecule is NC(=O)c1[nH]c2ccc(Br)cc2c1S(=O)(=O)NCCNS(=O)(=O)Cc1ccccc1. The lowest BCUT2D eigenvalue weighted by Crippen LogP contribution is -2.35. The molecule has 0 atom stereocenters. The number of primary amides is 1. The Kier molecular flexibility index (Phi) is 6.62. The van der Waals surface area contributed by atoms with Gasteiger partial charge in [0.15, 0.2) is 0 Å². The molecule has 3 rings (SSSR count). The number of amides is 1. The third-order valence-electron chi connectivity index (χ3n) is 4.17. The summed E-state index contributed by atoms with van der Waals surface area (Å²) in [5.41, 5.74) is 6.12. The number of hydrogen-bond donors (Lipinski definition) is 4. The van der Waals surface area contributed by atoms with E-state index in [9.17, 15) is 21.6 Å². The summed E-state index contributed by atoms with van der Waals surface area (Å²) in [7, 11) is -7.79. The van der Waals surface area contributed by atoms with Crippen LogP contribution < -0.4 is 15.2 Å². The molecule has 30 heavy (non-hydrogen) atoms. The van der Waals surface area contributed by atoms with E-state index in [4.69, 9.17) is 5.73 Å². The van der Waals surface area contributed by atoms with Gasteiger partial charge in [0.05, 0.1) is 5.75 Å². The smallest absolute Gasteiger partial charge is 0.266 e. The molecule has 0 aliphatic carbocycles. The molecule has 1 amide bonds. The van der Waals surface area contributed by atoms with Gasteiger partial charge in [-0.2, -0.15) is 0 Å². The van der Waals surface area contributed by atoms with E-state index in [1.54, 1.807) is 48.5 Å². The Labute approximate surface area is 182 Å². The van der Waals surface area contributed by atoms with Crippen LogP contribution in [0.15, 0.2) is 57.9 Å². The van der Waals surface area contributed by atoms with Gasteiger partial charge in [0.2, 0.25) is 20.0 Å². The number of fused-ring (bicyclic) bond motifs is 1. The predicted octanol–water partition coefficient (Wildman–Crippen LogP) is 1.43. The zero-order valence-corrected chi connectivity index (χ0v) is 18.8. The Hall–Kier alpha value is -2.25. The van der Waals surface area contributed by atoms with Gasteiger partial charge < -0.3 is 10.7 Å². The van der Waals surface area contributed by atoms with Crippen LogP contribution >= 0.6 is 15.9 Å². The molecule has 5 N–H and O–H groups in total. The number of H-pyrrole nitrogens is 1. The predicted molar refractivity (Wildman–Crippen MR) is 117 cm³/mol. The Balaban J connectivity index is 1.72. The molecule has 0 fully saturated rings. The molecule has 3 aromatic rings.